The van der Waals surface area contributed by atoms with E-state index in [0.717, 1.165) is 10.2 Å². The third-order valence-electron chi connectivity index (χ3n) is 2.04. The molecule has 1 heterocycles. The standard InChI is InChI=1S/C11H15BrClNOS/c1-7(2)3-9(13)5-14-11(15)8-4-10(12)16-6-8/h4,6-7,9H,3,5H2,1-2H3,(H,14,15). The highest BCUT2D eigenvalue weighted by Gasteiger charge is 2.11. The van der Waals surface area contributed by atoms with Crippen LogP contribution in [0.1, 0.15) is 30.6 Å². The maximum absolute atomic E-state index is 11.7. The summed E-state index contributed by atoms with van der Waals surface area (Å²) in [7, 11) is 0. The van der Waals surface area contributed by atoms with Crippen LogP contribution < -0.4 is 5.32 Å². The minimum Gasteiger partial charge on any atom is -0.351 e. The molecule has 0 fully saturated rings. The molecule has 1 amide bonds. The highest BCUT2D eigenvalue weighted by molar-refractivity contribution is 9.11. The predicted octanol–water partition coefficient (Wildman–Crippen LogP) is 3.89. The molecule has 16 heavy (non-hydrogen) atoms. The van der Waals surface area contributed by atoms with Gasteiger partial charge in [0.05, 0.1) is 14.7 Å². The van der Waals surface area contributed by atoms with Crippen LogP contribution in [0.5, 0.6) is 0 Å². The van der Waals surface area contributed by atoms with E-state index in [1.54, 1.807) is 0 Å². The lowest BCUT2D eigenvalue weighted by Crippen LogP contribution is -2.30. The topological polar surface area (TPSA) is 29.1 Å². The van der Waals surface area contributed by atoms with Crippen LogP contribution in [0.2, 0.25) is 0 Å². The summed E-state index contributed by atoms with van der Waals surface area (Å²) in [5.41, 5.74) is 0.685. The molecular formula is C11H15BrClNOS. The van der Waals surface area contributed by atoms with Gasteiger partial charge in [0.25, 0.3) is 5.91 Å². The number of carbonyl (C=O) groups excluding carboxylic acids is 1. The van der Waals surface area contributed by atoms with Crippen molar-refractivity contribution in [2.45, 2.75) is 25.6 Å². The molecule has 0 radical (unpaired) electrons. The van der Waals surface area contributed by atoms with E-state index in [1.165, 1.54) is 11.3 Å². The maximum atomic E-state index is 11.7. The Morgan fingerprint density at radius 1 is 1.62 bits per heavy atom. The van der Waals surface area contributed by atoms with Gasteiger partial charge in [-0.25, -0.2) is 0 Å². The third kappa shape index (κ3) is 4.85. The Hall–Kier alpha value is -0.0600. The van der Waals surface area contributed by atoms with Gasteiger partial charge in [-0.2, -0.15) is 0 Å². The smallest absolute Gasteiger partial charge is 0.252 e. The van der Waals surface area contributed by atoms with Gasteiger partial charge in [-0.1, -0.05) is 13.8 Å². The van der Waals surface area contributed by atoms with E-state index in [0.29, 0.717) is 18.0 Å². The molecule has 0 aliphatic heterocycles. The van der Waals surface area contributed by atoms with E-state index in [-0.39, 0.29) is 11.3 Å². The highest BCUT2D eigenvalue weighted by atomic mass is 79.9. The predicted molar refractivity (Wildman–Crippen MR) is 73.4 cm³/mol. The van der Waals surface area contributed by atoms with Crippen LogP contribution in [-0.4, -0.2) is 17.8 Å². The van der Waals surface area contributed by atoms with E-state index in [1.807, 2.05) is 11.4 Å². The molecule has 0 aliphatic rings. The maximum Gasteiger partial charge on any atom is 0.252 e. The number of hydrogen-bond donors (Lipinski definition) is 1. The lowest BCUT2D eigenvalue weighted by Gasteiger charge is -2.12. The number of amides is 1. The van der Waals surface area contributed by atoms with Gasteiger partial charge in [0.15, 0.2) is 0 Å². The molecule has 0 saturated carbocycles. The van der Waals surface area contributed by atoms with Crippen LogP contribution >= 0.6 is 38.9 Å². The summed E-state index contributed by atoms with van der Waals surface area (Å²) in [5, 5.41) is 4.66. The quantitative estimate of drug-likeness (QED) is 0.818. The second kappa shape index (κ2) is 6.62. The van der Waals surface area contributed by atoms with Crippen LogP contribution in [0.25, 0.3) is 0 Å². The number of rotatable bonds is 5. The van der Waals surface area contributed by atoms with Gasteiger partial charge in [0.2, 0.25) is 0 Å². The van der Waals surface area contributed by atoms with Gasteiger partial charge < -0.3 is 5.32 Å². The Labute approximate surface area is 114 Å². The Balaban J connectivity index is 2.35. The van der Waals surface area contributed by atoms with Crippen molar-refractivity contribution in [2.24, 2.45) is 5.92 Å². The summed E-state index contributed by atoms with van der Waals surface area (Å²) >= 11 is 10.9. The van der Waals surface area contributed by atoms with E-state index < -0.39 is 0 Å². The van der Waals surface area contributed by atoms with Crippen LogP contribution in [-0.2, 0) is 0 Å². The van der Waals surface area contributed by atoms with Gasteiger partial charge in [-0.05, 0) is 34.3 Å². The average Bonchev–Trinajstić information content (AvgIpc) is 2.60. The zero-order chi connectivity index (χ0) is 12.1. The molecule has 0 aliphatic carbocycles. The van der Waals surface area contributed by atoms with Gasteiger partial charge in [0, 0.05) is 11.9 Å². The first-order chi connectivity index (χ1) is 7.49. The molecule has 1 aromatic rings. The average molecular weight is 325 g/mol. The molecule has 1 aromatic heterocycles. The van der Waals surface area contributed by atoms with Crippen molar-refractivity contribution in [3.63, 3.8) is 0 Å². The van der Waals surface area contributed by atoms with Crippen LogP contribution in [0.4, 0.5) is 0 Å². The molecule has 1 atom stereocenters. The summed E-state index contributed by atoms with van der Waals surface area (Å²) in [6.07, 6.45) is 0.912. The molecule has 90 valence electrons. The van der Waals surface area contributed by atoms with Crippen molar-refractivity contribution in [1.29, 1.82) is 0 Å². The SMILES string of the molecule is CC(C)CC(Cl)CNC(=O)c1csc(Br)c1. The monoisotopic (exact) mass is 323 g/mol. The molecule has 0 aromatic carbocycles. The number of thiophene rings is 1. The number of carbonyl (C=O) groups is 1. The van der Waals surface area contributed by atoms with Crippen LogP contribution in [0, 0.1) is 5.92 Å². The molecule has 0 bridgehead atoms. The van der Waals surface area contributed by atoms with Crippen molar-refractivity contribution in [1.82, 2.24) is 5.32 Å². The second-order valence-corrected chi connectivity index (χ2v) is 6.98. The zero-order valence-electron chi connectivity index (χ0n) is 9.30. The van der Waals surface area contributed by atoms with E-state index in [9.17, 15) is 4.79 Å². The zero-order valence-corrected chi connectivity index (χ0v) is 12.5. The summed E-state index contributed by atoms with van der Waals surface area (Å²) < 4.78 is 0.960. The number of alkyl halides is 1. The van der Waals surface area contributed by atoms with Gasteiger partial charge in [-0.15, -0.1) is 22.9 Å². The van der Waals surface area contributed by atoms with Crippen molar-refractivity contribution in [3.05, 3.63) is 20.8 Å². The molecule has 2 nitrogen and oxygen atoms in total. The lowest BCUT2D eigenvalue weighted by molar-refractivity contribution is 0.0953. The molecule has 0 spiro atoms. The minimum atomic E-state index is -0.0589. The van der Waals surface area contributed by atoms with Gasteiger partial charge >= 0.3 is 0 Å². The number of nitrogens with one attached hydrogen (secondary N) is 1. The Morgan fingerprint density at radius 2 is 2.31 bits per heavy atom. The van der Waals surface area contributed by atoms with Crippen molar-refractivity contribution in [3.8, 4) is 0 Å². The molecule has 5 heteroatoms. The summed E-state index contributed by atoms with van der Waals surface area (Å²) in [5.74, 6) is 0.492. The molecule has 1 unspecified atom stereocenters. The van der Waals surface area contributed by atoms with Crippen molar-refractivity contribution < 1.29 is 4.79 Å². The Kier molecular flexibility index (Phi) is 5.79. The van der Waals surface area contributed by atoms with Crippen LogP contribution in [0.15, 0.2) is 15.2 Å². The second-order valence-electron chi connectivity index (χ2n) is 4.08. The largest absolute Gasteiger partial charge is 0.351 e. The fourth-order valence-electron chi connectivity index (χ4n) is 1.33. The van der Waals surface area contributed by atoms with Gasteiger partial charge in [-0.3, -0.25) is 4.79 Å². The first kappa shape index (κ1) is 14.0. The summed E-state index contributed by atoms with van der Waals surface area (Å²) in [4.78, 5) is 11.7. The normalized spacial score (nSPS) is 12.8. The molecule has 1 N–H and O–H groups in total. The fourth-order valence-corrected chi connectivity index (χ4v) is 2.90. The Morgan fingerprint density at radius 3 is 2.81 bits per heavy atom. The van der Waals surface area contributed by atoms with Crippen LogP contribution in [0.3, 0.4) is 0 Å². The summed E-state index contributed by atoms with van der Waals surface area (Å²) in [6.45, 7) is 4.76. The van der Waals surface area contributed by atoms with E-state index in [4.69, 9.17) is 11.6 Å². The van der Waals surface area contributed by atoms with E-state index >= 15 is 0 Å². The van der Waals surface area contributed by atoms with Gasteiger partial charge in [0.1, 0.15) is 0 Å². The third-order valence-corrected chi connectivity index (χ3v) is 3.88. The first-order valence-corrected chi connectivity index (χ1v) is 7.26. The number of halogens is 2. The summed E-state index contributed by atoms with van der Waals surface area (Å²) in [6, 6.07) is 1.81. The molecular weight excluding hydrogens is 310 g/mol. The molecule has 0 saturated heterocycles. The van der Waals surface area contributed by atoms with Crippen molar-refractivity contribution in [2.75, 3.05) is 6.54 Å². The van der Waals surface area contributed by atoms with Crippen molar-refractivity contribution >= 4 is 44.8 Å². The minimum absolute atomic E-state index is 0.00558. The Bertz CT molecular complexity index is 354. The number of hydrogen-bond acceptors (Lipinski definition) is 2. The highest BCUT2D eigenvalue weighted by Crippen LogP contribution is 2.20. The first-order valence-electron chi connectivity index (χ1n) is 5.15. The van der Waals surface area contributed by atoms with E-state index in [2.05, 4.69) is 35.1 Å². The fraction of sp³-hybridized carbons (Fsp3) is 0.545. The molecule has 1 rings (SSSR count). The lowest BCUT2D eigenvalue weighted by atomic mass is 10.1.